The minimum atomic E-state index is -2.73. The average molecular weight is 262 g/mol. The van der Waals surface area contributed by atoms with E-state index in [9.17, 15) is 0 Å². The highest BCUT2D eigenvalue weighted by atomic mass is 28.4. The predicted octanol–water partition coefficient (Wildman–Crippen LogP) is 0.873. The monoisotopic (exact) mass is 262 g/mol. The van der Waals surface area contributed by atoms with Crippen LogP contribution in [0.4, 0.5) is 0 Å². The number of nitrogens with one attached hydrogen (secondary N) is 2. The molecule has 1 aliphatic rings. The second kappa shape index (κ2) is 6.82. The third-order valence-electron chi connectivity index (χ3n) is 3.03. The van der Waals surface area contributed by atoms with Gasteiger partial charge in [-0.1, -0.05) is 6.92 Å². The van der Waals surface area contributed by atoms with Crippen LogP contribution in [-0.4, -0.2) is 47.0 Å². The molecule has 102 valence electrons. The van der Waals surface area contributed by atoms with E-state index in [4.69, 9.17) is 13.3 Å². The van der Waals surface area contributed by atoms with Crippen LogP contribution < -0.4 is 10.6 Å². The van der Waals surface area contributed by atoms with E-state index in [1.807, 2.05) is 20.8 Å². The first-order valence-electron chi connectivity index (χ1n) is 6.62. The van der Waals surface area contributed by atoms with Crippen molar-refractivity contribution in [2.24, 2.45) is 0 Å². The summed E-state index contributed by atoms with van der Waals surface area (Å²) in [6, 6.07) is 0. The molecule has 1 saturated heterocycles. The highest BCUT2D eigenvalue weighted by Crippen LogP contribution is 2.27. The van der Waals surface area contributed by atoms with Gasteiger partial charge in [0.25, 0.3) is 0 Å². The van der Waals surface area contributed by atoms with E-state index < -0.39 is 8.80 Å². The molecule has 2 N–H and O–H groups in total. The molecule has 0 bridgehead atoms. The molecule has 0 unspecified atom stereocenters. The van der Waals surface area contributed by atoms with Gasteiger partial charge in [-0.3, -0.25) is 10.6 Å². The second-order valence-corrected chi connectivity index (χ2v) is 6.80. The molecule has 0 radical (unpaired) electrons. The van der Waals surface area contributed by atoms with Crippen molar-refractivity contribution in [3.8, 4) is 0 Å². The molecule has 1 aliphatic heterocycles. The maximum Gasteiger partial charge on any atom is 0.537 e. The van der Waals surface area contributed by atoms with Crippen LogP contribution in [0.15, 0.2) is 0 Å². The van der Waals surface area contributed by atoms with Gasteiger partial charge in [0.1, 0.15) is 5.29 Å². The molecule has 1 heterocycles. The number of hydrogen-bond donors (Lipinski definition) is 2. The molecular formula is C11H26N2O3Si. The van der Waals surface area contributed by atoms with Crippen molar-refractivity contribution >= 4 is 8.80 Å². The lowest BCUT2D eigenvalue weighted by Gasteiger charge is -2.42. The Morgan fingerprint density at radius 2 is 1.29 bits per heavy atom. The smallest absolute Gasteiger partial charge is 0.372 e. The molecule has 0 spiro atoms. The molecule has 0 atom stereocenters. The van der Waals surface area contributed by atoms with Crippen molar-refractivity contribution in [2.45, 2.75) is 39.4 Å². The summed E-state index contributed by atoms with van der Waals surface area (Å²) in [5, 5.41) is 6.66. The number of rotatable bonds is 8. The van der Waals surface area contributed by atoms with E-state index in [2.05, 4.69) is 17.6 Å². The van der Waals surface area contributed by atoms with Gasteiger partial charge in [-0.05, 0) is 27.2 Å². The van der Waals surface area contributed by atoms with Crippen LogP contribution in [0.1, 0.15) is 34.1 Å². The summed E-state index contributed by atoms with van der Waals surface area (Å²) in [6.07, 6.45) is 0.888. The SMILES string of the molecule is CCO[Si](OCC)(OCC)C1(CC)NCCN1. The highest BCUT2D eigenvalue weighted by Gasteiger charge is 2.61. The summed E-state index contributed by atoms with van der Waals surface area (Å²) in [6.45, 7) is 11.8. The van der Waals surface area contributed by atoms with Crippen LogP contribution >= 0.6 is 0 Å². The molecule has 0 aromatic heterocycles. The molecule has 17 heavy (non-hydrogen) atoms. The summed E-state index contributed by atoms with van der Waals surface area (Å²) < 4.78 is 17.9. The Labute approximate surface area is 106 Å². The van der Waals surface area contributed by atoms with Crippen molar-refractivity contribution in [1.82, 2.24) is 10.6 Å². The molecule has 6 heteroatoms. The van der Waals surface area contributed by atoms with Crippen LogP contribution in [0.3, 0.4) is 0 Å². The van der Waals surface area contributed by atoms with E-state index in [1.54, 1.807) is 0 Å². The zero-order valence-electron chi connectivity index (χ0n) is 11.5. The summed E-state index contributed by atoms with van der Waals surface area (Å²) in [5.74, 6) is 0. The van der Waals surface area contributed by atoms with Crippen LogP contribution in [0, 0.1) is 0 Å². The highest BCUT2D eigenvalue weighted by molar-refractivity contribution is 6.64. The minimum Gasteiger partial charge on any atom is -0.372 e. The van der Waals surface area contributed by atoms with Gasteiger partial charge >= 0.3 is 8.80 Å². The summed E-state index contributed by atoms with van der Waals surface area (Å²) in [7, 11) is -2.73. The Hall–Kier alpha value is 0.0169. The quantitative estimate of drug-likeness (QED) is 0.636. The van der Waals surface area contributed by atoms with Gasteiger partial charge in [-0.25, -0.2) is 0 Å². The van der Waals surface area contributed by atoms with Crippen molar-refractivity contribution in [3.05, 3.63) is 0 Å². The molecule has 5 nitrogen and oxygen atoms in total. The largest absolute Gasteiger partial charge is 0.537 e. The van der Waals surface area contributed by atoms with Crippen LogP contribution in [-0.2, 0) is 13.3 Å². The first-order valence-corrected chi connectivity index (χ1v) is 8.34. The van der Waals surface area contributed by atoms with Gasteiger partial charge < -0.3 is 13.3 Å². The van der Waals surface area contributed by atoms with E-state index in [0.29, 0.717) is 19.8 Å². The average Bonchev–Trinajstić information content (AvgIpc) is 2.80. The second-order valence-electron chi connectivity index (χ2n) is 3.97. The van der Waals surface area contributed by atoms with Gasteiger partial charge in [-0.15, -0.1) is 0 Å². The van der Waals surface area contributed by atoms with E-state index in [-0.39, 0.29) is 5.29 Å². The van der Waals surface area contributed by atoms with Gasteiger partial charge in [0, 0.05) is 32.9 Å². The molecule has 0 aliphatic carbocycles. The number of hydrogen-bond acceptors (Lipinski definition) is 5. The predicted molar refractivity (Wildman–Crippen MR) is 69.7 cm³/mol. The lowest BCUT2D eigenvalue weighted by molar-refractivity contribution is 0.0352. The zero-order valence-corrected chi connectivity index (χ0v) is 12.5. The van der Waals surface area contributed by atoms with Crippen molar-refractivity contribution in [1.29, 1.82) is 0 Å². The standard InChI is InChI=1S/C11H26N2O3Si/c1-5-11(12-9-10-13-11)17(14-6-2,15-7-3)16-8-4/h12-13H,5-10H2,1-4H3. The fourth-order valence-corrected chi connectivity index (χ4v) is 5.61. The van der Waals surface area contributed by atoms with Crippen LogP contribution in [0.5, 0.6) is 0 Å². The molecule has 1 rings (SSSR count). The lowest BCUT2D eigenvalue weighted by Crippen LogP contribution is -2.74. The Morgan fingerprint density at radius 3 is 1.59 bits per heavy atom. The van der Waals surface area contributed by atoms with Gasteiger partial charge in [0.15, 0.2) is 0 Å². The topological polar surface area (TPSA) is 51.8 Å². The normalized spacial score (nSPS) is 19.8. The van der Waals surface area contributed by atoms with Crippen molar-refractivity contribution < 1.29 is 13.3 Å². The van der Waals surface area contributed by atoms with Gasteiger partial charge in [-0.2, -0.15) is 0 Å². The summed E-state index contributed by atoms with van der Waals surface area (Å²) in [5.41, 5.74) is 0. The van der Waals surface area contributed by atoms with Crippen molar-refractivity contribution in [3.63, 3.8) is 0 Å². The zero-order chi connectivity index (χ0) is 12.8. The third-order valence-corrected chi connectivity index (χ3v) is 6.79. The van der Waals surface area contributed by atoms with E-state index >= 15 is 0 Å². The van der Waals surface area contributed by atoms with E-state index in [0.717, 1.165) is 19.5 Å². The maximum absolute atomic E-state index is 5.96. The molecular weight excluding hydrogens is 236 g/mol. The lowest BCUT2D eigenvalue weighted by atomic mass is 10.4. The maximum atomic E-state index is 5.96. The first-order chi connectivity index (χ1) is 8.20. The Kier molecular flexibility index (Phi) is 6.05. The molecule has 0 aromatic rings. The minimum absolute atomic E-state index is 0.324. The molecule has 1 fully saturated rings. The third kappa shape index (κ3) is 2.89. The fraction of sp³-hybridized carbons (Fsp3) is 1.00. The Morgan fingerprint density at radius 1 is 0.882 bits per heavy atom. The van der Waals surface area contributed by atoms with Crippen molar-refractivity contribution in [2.75, 3.05) is 32.9 Å². The Bertz CT molecular complexity index is 206. The van der Waals surface area contributed by atoms with Crippen LogP contribution in [0.25, 0.3) is 0 Å². The molecule has 0 aromatic carbocycles. The van der Waals surface area contributed by atoms with Gasteiger partial charge in [0.2, 0.25) is 0 Å². The Balaban J connectivity index is 2.98. The fourth-order valence-electron chi connectivity index (χ4n) is 2.36. The summed E-state index contributed by atoms with van der Waals surface area (Å²) >= 11 is 0. The first kappa shape index (κ1) is 15.1. The molecule has 0 amide bonds. The van der Waals surface area contributed by atoms with E-state index in [1.165, 1.54) is 0 Å². The van der Waals surface area contributed by atoms with Gasteiger partial charge in [0.05, 0.1) is 0 Å². The summed E-state index contributed by atoms with van der Waals surface area (Å²) in [4.78, 5) is 0. The molecule has 0 saturated carbocycles. The van der Waals surface area contributed by atoms with Crippen LogP contribution in [0.2, 0.25) is 0 Å².